The molecule has 1 aromatic carbocycles. The number of carbonyl (C=O) groups excluding carboxylic acids is 4. The number of rotatable bonds is 6. The molecule has 5 rings (SSSR count). The lowest BCUT2D eigenvalue weighted by Crippen LogP contribution is -2.65. The van der Waals surface area contributed by atoms with Gasteiger partial charge in [0.2, 0.25) is 5.78 Å². The first-order chi connectivity index (χ1) is 18.4. The smallest absolute Gasteiger partial charge is 0.255 e. The summed E-state index contributed by atoms with van der Waals surface area (Å²) in [6, 6.07) is 1.81. The Morgan fingerprint density at radius 3 is 2.54 bits per heavy atom. The molecule has 0 bridgehead atoms. The molecule has 4 atom stereocenters. The zero-order valence-electron chi connectivity index (χ0n) is 21.2. The van der Waals surface area contributed by atoms with Crippen molar-refractivity contribution >= 4 is 29.0 Å². The number of ketones is 3. The number of benzene rings is 1. The van der Waals surface area contributed by atoms with Crippen LogP contribution in [-0.4, -0.2) is 79.5 Å². The van der Waals surface area contributed by atoms with E-state index >= 15 is 0 Å². The molecule has 39 heavy (non-hydrogen) atoms. The number of nitrogens with zero attached hydrogens (tertiary/aromatic N) is 2. The number of aliphatic hydroxyl groups is 3. The predicted molar refractivity (Wildman–Crippen MR) is 133 cm³/mol. The standard InChI is InChI=1S/C27H27N3O9/c1-30(2)21-15-8-12-7-14-11(3-5-16(31)13-9-29-39-10-13)4-6-17(32)19(14)22(33)18(12)24(35)27(15,38)25(36)20(23(21)34)26(28)37/h4,6,9-10,12,15,21,32-33,36,38H,3,5,7-8H2,1-2H3,(H2,28,37)/t12-,15-,21+,27+/m0/s1. The number of primary amides is 1. The van der Waals surface area contributed by atoms with E-state index in [4.69, 9.17) is 10.3 Å². The third kappa shape index (κ3) is 3.78. The van der Waals surface area contributed by atoms with Crippen LogP contribution < -0.4 is 5.73 Å². The van der Waals surface area contributed by atoms with Crippen molar-refractivity contribution in [2.45, 2.75) is 37.3 Å². The van der Waals surface area contributed by atoms with Gasteiger partial charge in [-0.05, 0) is 56.5 Å². The highest BCUT2D eigenvalue weighted by molar-refractivity contribution is 6.24. The zero-order chi connectivity index (χ0) is 28.4. The van der Waals surface area contributed by atoms with Gasteiger partial charge in [0.05, 0.1) is 23.4 Å². The lowest BCUT2D eigenvalue weighted by molar-refractivity contribution is -0.153. The number of hydrogen-bond donors (Lipinski definition) is 5. The first-order valence-corrected chi connectivity index (χ1v) is 12.3. The van der Waals surface area contributed by atoms with Crippen LogP contribution in [0.3, 0.4) is 0 Å². The van der Waals surface area contributed by atoms with E-state index < -0.39 is 58.0 Å². The first-order valence-electron chi connectivity index (χ1n) is 12.3. The van der Waals surface area contributed by atoms with Crippen molar-refractivity contribution in [3.05, 3.63) is 63.8 Å². The predicted octanol–water partition coefficient (Wildman–Crippen LogP) is 0.768. The van der Waals surface area contributed by atoms with Crippen molar-refractivity contribution in [2.24, 2.45) is 17.6 Å². The third-order valence-corrected chi connectivity index (χ3v) is 8.08. The molecule has 0 aliphatic heterocycles. The van der Waals surface area contributed by atoms with E-state index in [9.17, 15) is 39.6 Å². The number of hydrogen-bond acceptors (Lipinski definition) is 11. The lowest BCUT2D eigenvalue weighted by atomic mass is 9.57. The fraction of sp³-hybridized carbons (Fsp3) is 0.370. The molecule has 0 unspecified atom stereocenters. The quantitative estimate of drug-likeness (QED) is 0.257. The maximum absolute atomic E-state index is 13.8. The molecule has 1 heterocycles. The van der Waals surface area contributed by atoms with Crippen molar-refractivity contribution in [1.29, 1.82) is 0 Å². The number of fused-ring (bicyclic) bond motifs is 3. The van der Waals surface area contributed by atoms with Gasteiger partial charge < -0.3 is 30.7 Å². The Hall–Kier alpha value is -4.29. The Bertz CT molecular complexity index is 1490. The van der Waals surface area contributed by atoms with Gasteiger partial charge >= 0.3 is 0 Å². The largest absolute Gasteiger partial charge is 0.508 e. The number of aromatic nitrogens is 1. The van der Waals surface area contributed by atoms with E-state index in [1.54, 1.807) is 6.07 Å². The third-order valence-electron chi connectivity index (χ3n) is 8.08. The fourth-order valence-corrected chi connectivity index (χ4v) is 6.28. The molecule has 0 radical (unpaired) electrons. The summed E-state index contributed by atoms with van der Waals surface area (Å²) in [5, 5.41) is 48.0. The van der Waals surface area contributed by atoms with Crippen LogP contribution in [0.5, 0.6) is 5.75 Å². The van der Waals surface area contributed by atoms with E-state index in [0.29, 0.717) is 16.7 Å². The van der Waals surface area contributed by atoms with Crippen LogP contribution in [0.15, 0.2) is 46.0 Å². The van der Waals surface area contributed by atoms with Crippen LogP contribution in [0.25, 0.3) is 5.76 Å². The number of carbonyl (C=O) groups is 4. The highest BCUT2D eigenvalue weighted by atomic mass is 16.5. The van der Waals surface area contributed by atoms with E-state index in [0.717, 1.165) is 0 Å². The van der Waals surface area contributed by atoms with Crippen molar-refractivity contribution in [1.82, 2.24) is 10.1 Å². The summed E-state index contributed by atoms with van der Waals surface area (Å²) in [6.07, 6.45) is 3.04. The van der Waals surface area contributed by atoms with Gasteiger partial charge in [-0.2, -0.15) is 0 Å². The van der Waals surface area contributed by atoms with E-state index in [1.807, 2.05) is 0 Å². The second-order valence-corrected chi connectivity index (χ2v) is 10.4. The average molecular weight is 538 g/mol. The van der Waals surface area contributed by atoms with Crippen LogP contribution in [-0.2, 0) is 27.2 Å². The molecular weight excluding hydrogens is 510 g/mol. The van der Waals surface area contributed by atoms with Crippen molar-refractivity contribution < 1.29 is 44.1 Å². The number of likely N-dealkylation sites (N-methyl/N-ethyl adjacent to an activating group) is 1. The van der Waals surface area contributed by atoms with Crippen LogP contribution in [0.4, 0.5) is 0 Å². The zero-order valence-corrected chi connectivity index (χ0v) is 21.2. The van der Waals surface area contributed by atoms with E-state index in [1.165, 1.54) is 37.5 Å². The number of nitrogens with two attached hydrogens (primary N) is 1. The summed E-state index contributed by atoms with van der Waals surface area (Å²) in [4.78, 5) is 53.0. The Morgan fingerprint density at radius 1 is 1.21 bits per heavy atom. The molecule has 1 fully saturated rings. The van der Waals surface area contributed by atoms with Gasteiger partial charge in [0, 0.05) is 17.9 Å². The van der Waals surface area contributed by atoms with E-state index in [2.05, 4.69) is 5.16 Å². The van der Waals surface area contributed by atoms with E-state index in [-0.39, 0.29) is 48.4 Å². The molecule has 12 nitrogen and oxygen atoms in total. The Labute approximate surface area is 222 Å². The maximum Gasteiger partial charge on any atom is 0.255 e. The normalized spacial score (nSPS) is 26.4. The number of phenols is 1. The number of aryl methyl sites for hydroxylation is 1. The topological polar surface area (TPSA) is 204 Å². The fourth-order valence-electron chi connectivity index (χ4n) is 6.28. The summed E-state index contributed by atoms with van der Waals surface area (Å²) < 4.78 is 4.72. The van der Waals surface area contributed by atoms with Crippen LogP contribution in [0.2, 0.25) is 0 Å². The molecular formula is C27H27N3O9. The molecule has 12 heteroatoms. The van der Waals surface area contributed by atoms with Crippen LogP contribution >= 0.6 is 0 Å². The Morgan fingerprint density at radius 2 is 1.92 bits per heavy atom. The van der Waals surface area contributed by atoms with Crippen molar-refractivity contribution in [3.8, 4) is 5.75 Å². The molecule has 3 aliphatic rings. The summed E-state index contributed by atoms with van der Waals surface area (Å²) in [5.74, 6) is -7.27. The molecule has 1 aromatic heterocycles. The van der Waals surface area contributed by atoms with Gasteiger partial charge in [-0.1, -0.05) is 11.2 Å². The summed E-state index contributed by atoms with van der Waals surface area (Å²) in [6.45, 7) is 0. The highest BCUT2D eigenvalue weighted by Crippen LogP contribution is 2.53. The second-order valence-electron chi connectivity index (χ2n) is 10.4. The van der Waals surface area contributed by atoms with Gasteiger partial charge in [-0.15, -0.1) is 0 Å². The lowest BCUT2D eigenvalue weighted by Gasteiger charge is -2.50. The van der Waals surface area contributed by atoms with Gasteiger partial charge in [-0.25, -0.2) is 0 Å². The monoisotopic (exact) mass is 537 g/mol. The minimum atomic E-state index is -2.69. The average Bonchev–Trinajstić information content (AvgIpc) is 3.40. The molecule has 1 saturated carbocycles. The first kappa shape index (κ1) is 26.3. The second kappa shape index (κ2) is 9.17. The molecule has 1 amide bonds. The molecule has 0 spiro atoms. The van der Waals surface area contributed by atoms with Gasteiger partial charge in [0.1, 0.15) is 29.1 Å². The number of phenolic OH excluding ortho intramolecular Hbond substituents is 1. The van der Waals surface area contributed by atoms with Gasteiger partial charge in [-0.3, -0.25) is 24.1 Å². The SMILES string of the molecule is CN(C)[C@H]1C(=O)C(C(N)=O)=C(O)[C@]2(O)C(=O)C3=C(O)c4c(O)ccc(CCC(=O)c5cnoc5)c4C[C@H]3C[C@@H]12. The van der Waals surface area contributed by atoms with Gasteiger partial charge in [0.15, 0.2) is 17.2 Å². The minimum Gasteiger partial charge on any atom is -0.508 e. The summed E-state index contributed by atoms with van der Waals surface area (Å²) >= 11 is 0. The number of amides is 1. The van der Waals surface area contributed by atoms with Crippen LogP contribution in [0, 0.1) is 11.8 Å². The van der Waals surface area contributed by atoms with Crippen molar-refractivity contribution in [2.75, 3.05) is 14.1 Å². The molecule has 0 saturated heterocycles. The van der Waals surface area contributed by atoms with Gasteiger partial charge in [0.25, 0.3) is 5.91 Å². The number of Topliss-reactive ketones (excluding diaryl/α,β-unsaturated/α-hetero) is 3. The Kier molecular flexibility index (Phi) is 6.19. The minimum absolute atomic E-state index is 0.0128. The summed E-state index contributed by atoms with van der Waals surface area (Å²) in [7, 11) is 3.08. The number of aromatic hydroxyl groups is 1. The molecule has 204 valence electrons. The molecule has 3 aliphatic carbocycles. The summed E-state index contributed by atoms with van der Waals surface area (Å²) in [5.41, 5.74) is 3.04. The van der Waals surface area contributed by atoms with Crippen LogP contribution in [0.1, 0.15) is 39.9 Å². The Balaban J connectivity index is 1.61. The highest BCUT2D eigenvalue weighted by Gasteiger charge is 2.64. The number of aliphatic hydroxyl groups excluding tert-OH is 2. The van der Waals surface area contributed by atoms with Crippen molar-refractivity contribution in [3.63, 3.8) is 0 Å². The molecule has 6 N–H and O–H groups in total. The maximum atomic E-state index is 13.8. The molecule has 2 aromatic rings.